The molecule has 1 N–H and O–H groups in total. The summed E-state index contributed by atoms with van der Waals surface area (Å²) in [5.41, 5.74) is 1.05. The molecule has 3 aromatic rings. The molecule has 33 heavy (non-hydrogen) atoms. The number of alkyl halides is 3. The van der Waals surface area contributed by atoms with Crippen molar-refractivity contribution < 1.29 is 17.9 Å². The molecule has 0 spiro atoms. The van der Waals surface area contributed by atoms with Gasteiger partial charge in [-0.1, -0.05) is 6.07 Å². The zero-order valence-electron chi connectivity index (χ0n) is 18.0. The molecule has 2 atom stereocenters. The monoisotopic (exact) mass is 480 g/mol. The van der Waals surface area contributed by atoms with Crippen molar-refractivity contribution in [2.45, 2.75) is 44.6 Å². The topological polar surface area (TPSA) is 71.1 Å². The summed E-state index contributed by atoms with van der Waals surface area (Å²) in [5.74, 6) is 0.0215. The van der Waals surface area contributed by atoms with Crippen LogP contribution in [0.1, 0.15) is 29.5 Å². The van der Waals surface area contributed by atoms with E-state index in [9.17, 15) is 18.0 Å². The van der Waals surface area contributed by atoms with E-state index in [0.29, 0.717) is 23.1 Å². The molecule has 4 heterocycles. The fourth-order valence-electron chi connectivity index (χ4n) is 4.66. The van der Waals surface area contributed by atoms with Crippen LogP contribution in [0.3, 0.4) is 0 Å². The first kappa shape index (κ1) is 23.7. The first-order chi connectivity index (χ1) is 15.3. The lowest BCUT2D eigenvalue weighted by Crippen LogP contribution is -2.43. The fraction of sp³-hybridized carbons (Fsp3) is 0.435. The van der Waals surface area contributed by atoms with Gasteiger partial charge in [0.2, 0.25) is 0 Å². The normalized spacial score (nSPS) is 20.7. The van der Waals surface area contributed by atoms with E-state index >= 15 is 0 Å². The van der Waals surface area contributed by atoms with Crippen LogP contribution in [-0.2, 0) is 17.3 Å². The minimum Gasteiger partial charge on any atom is -0.372 e. The predicted molar refractivity (Wildman–Crippen MR) is 121 cm³/mol. The molecule has 0 aliphatic carbocycles. The third-order valence-electron chi connectivity index (χ3n) is 6.23. The first-order valence-electron chi connectivity index (χ1n) is 10.7. The van der Waals surface area contributed by atoms with Crippen molar-refractivity contribution in [3.05, 3.63) is 57.5 Å². The van der Waals surface area contributed by atoms with Gasteiger partial charge in [0.1, 0.15) is 5.69 Å². The Morgan fingerprint density at radius 1 is 1.18 bits per heavy atom. The molecule has 1 aromatic carbocycles. The number of hydrogen-bond acceptors (Lipinski definition) is 5. The van der Waals surface area contributed by atoms with Gasteiger partial charge in [-0.2, -0.15) is 13.2 Å². The van der Waals surface area contributed by atoms with Crippen molar-refractivity contribution in [1.82, 2.24) is 19.9 Å². The molecule has 2 aliphatic rings. The van der Waals surface area contributed by atoms with Crippen molar-refractivity contribution >= 4 is 23.3 Å². The molecule has 5 rings (SSSR count). The number of rotatable bonds is 4. The highest BCUT2D eigenvalue weighted by Gasteiger charge is 2.33. The number of morpholine rings is 1. The van der Waals surface area contributed by atoms with Gasteiger partial charge in [0.15, 0.2) is 5.82 Å². The zero-order valence-corrected chi connectivity index (χ0v) is 18.8. The minimum atomic E-state index is -4.50. The van der Waals surface area contributed by atoms with Crippen molar-refractivity contribution in [2.24, 2.45) is 0 Å². The average molecular weight is 481 g/mol. The number of likely N-dealkylation sites (tertiary alicyclic amines) is 1. The Labute approximate surface area is 194 Å². The first-order valence-corrected chi connectivity index (χ1v) is 10.7. The van der Waals surface area contributed by atoms with Gasteiger partial charge in [-0.3, -0.25) is 14.7 Å². The van der Waals surface area contributed by atoms with Gasteiger partial charge >= 0.3 is 6.18 Å². The van der Waals surface area contributed by atoms with Gasteiger partial charge in [-0.05, 0) is 55.5 Å². The van der Waals surface area contributed by atoms with Gasteiger partial charge in [0, 0.05) is 25.8 Å². The van der Waals surface area contributed by atoms with Gasteiger partial charge in [-0.25, -0.2) is 4.98 Å². The second-order valence-electron chi connectivity index (χ2n) is 8.62. The molecule has 0 amide bonds. The fourth-order valence-corrected chi connectivity index (χ4v) is 4.66. The Balaban J connectivity index is 0.00000259. The Morgan fingerprint density at radius 3 is 2.61 bits per heavy atom. The number of H-pyrrole nitrogens is 1. The number of nitrogens with one attached hydrogen (secondary N) is 1. The summed E-state index contributed by atoms with van der Waals surface area (Å²) in [5, 5.41) is 0.428. The molecule has 0 radical (unpaired) electrons. The number of fused-ring (bicyclic) bond motifs is 3. The standard InChI is InChI=1S/C23H23F3N4O2.ClH/c1-13-8-14(5-7-30-11-16-2-3-17(12-30)32-16)9-18-20(13)28-21(29-22(18)31)19-10-15(4-6-27-19)23(24,25)26;/h4,6,8-10,16-17H,2-3,5,7,11-12H2,1H3,(H,28,29,31);1H. The quantitative estimate of drug-likeness (QED) is 0.607. The number of aromatic amines is 1. The highest BCUT2D eigenvalue weighted by Crippen LogP contribution is 2.31. The van der Waals surface area contributed by atoms with Gasteiger partial charge < -0.3 is 9.72 Å². The van der Waals surface area contributed by atoms with E-state index in [1.807, 2.05) is 19.1 Å². The van der Waals surface area contributed by atoms with Crippen LogP contribution >= 0.6 is 12.4 Å². The molecule has 6 nitrogen and oxygen atoms in total. The van der Waals surface area contributed by atoms with Crippen molar-refractivity contribution in [3.8, 4) is 11.5 Å². The van der Waals surface area contributed by atoms with Crippen LogP contribution in [0, 0.1) is 6.92 Å². The number of hydrogen-bond donors (Lipinski definition) is 1. The second kappa shape index (κ2) is 9.04. The SMILES string of the molecule is Cc1cc(CCN2CC3CCC(C2)O3)cc2c(=O)[nH]c(-c3cc(C(F)(F)F)ccn3)nc12.Cl. The Bertz CT molecular complexity index is 1220. The number of halogens is 4. The van der Waals surface area contributed by atoms with Gasteiger partial charge in [-0.15, -0.1) is 12.4 Å². The number of aromatic nitrogens is 3. The van der Waals surface area contributed by atoms with Crippen LogP contribution in [0.2, 0.25) is 0 Å². The molecule has 176 valence electrons. The lowest BCUT2D eigenvalue weighted by molar-refractivity contribution is -0.137. The molecule has 2 bridgehead atoms. The van der Waals surface area contributed by atoms with Crippen LogP contribution in [-0.4, -0.2) is 51.7 Å². The number of aryl methyl sites for hydroxylation is 1. The third kappa shape index (κ3) is 4.90. The summed E-state index contributed by atoms with van der Waals surface area (Å²) in [4.78, 5) is 26.2. The van der Waals surface area contributed by atoms with E-state index in [-0.39, 0.29) is 23.9 Å². The highest BCUT2D eigenvalue weighted by atomic mass is 35.5. The molecule has 10 heteroatoms. The van der Waals surface area contributed by atoms with E-state index in [0.717, 1.165) is 68.4 Å². The largest absolute Gasteiger partial charge is 0.416 e. The Morgan fingerprint density at radius 2 is 1.91 bits per heavy atom. The summed E-state index contributed by atoms with van der Waals surface area (Å²) < 4.78 is 45.0. The van der Waals surface area contributed by atoms with Crippen molar-refractivity contribution in [1.29, 1.82) is 0 Å². The maximum absolute atomic E-state index is 13.0. The predicted octanol–water partition coefficient (Wildman–Crippen LogP) is 4.14. The summed E-state index contributed by atoms with van der Waals surface area (Å²) in [7, 11) is 0. The van der Waals surface area contributed by atoms with Crippen LogP contribution in [0.4, 0.5) is 13.2 Å². The maximum atomic E-state index is 13.0. The number of ether oxygens (including phenoxy) is 1. The second-order valence-corrected chi connectivity index (χ2v) is 8.62. The molecular formula is C23H24ClF3N4O2. The van der Waals surface area contributed by atoms with Gasteiger partial charge in [0.25, 0.3) is 5.56 Å². The number of nitrogens with zero attached hydrogens (tertiary/aromatic N) is 3. The van der Waals surface area contributed by atoms with Crippen molar-refractivity contribution in [3.63, 3.8) is 0 Å². The van der Waals surface area contributed by atoms with E-state index in [1.165, 1.54) is 0 Å². The molecule has 0 saturated carbocycles. The van der Waals surface area contributed by atoms with E-state index in [1.54, 1.807) is 0 Å². The van der Waals surface area contributed by atoms with E-state index < -0.39 is 17.3 Å². The molecule has 2 aromatic heterocycles. The molecule has 2 unspecified atom stereocenters. The number of benzene rings is 1. The molecule has 2 fully saturated rings. The lowest BCUT2D eigenvalue weighted by Gasteiger charge is -2.32. The van der Waals surface area contributed by atoms with Crippen LogP contribution in [0.15, 0.2) is 35.3 Å². The Kier molecular flexibility index (Phi) is 6.48. The smallest absolute Gasteiger partial charge is 0.372 e. The maximum Gasteiger partial charge on any atom is 0.416 e. The average Bonchev–Trinajstić information content (AvgIpc) is 3.10. The van der Waals surface area contributed by atoms with Crippen LogP contribution in [0.5, 0.6) is 0 Å². The minimum absolute atomic E-state index is 0. The van der Waals surface area contributed by atoms with Crippen LogP contribution in [0.25, 0.3) is 22.4 Å². The van der Waals surface area contributed by atoms with E-state index in [4.69, 9.17) is 4.74 Å². The summed E-state index contributed by atoms with van der Waals surface area (Å²) >= 11 is 0. The summed E-state index contributed by atoms with van der Waals surface area (Å²) in [6.07, 6.45) is 0.285. The zero-order chi connectivity index (χ0) is 22.5. The number of pyridine rings is 1. The molecular weight excluding hydrogens is 457 g/mol. The van der Waals surface area contributed by atoms with Crippen LogP contribution < -0.4 is 5.56 Å². The summed E-state index contributed by atoms with van der Waals surface area (Å²) in [6.45, 7) is 4.63. The molecule has 2 aliphatic heterocycles. The Hall–Kier alpha value is -2.49. The highest BCUT2D eigenvalue weighted by molar-refractivity contribution is 5.85. The summed E-state index contributed by atoms with van der Waals surface area (Å²) in [6, 6.07) is 5.60. The third-order valence-corrected chi connectivity index (χ3v) is 6.23. The lowest BCUT2D eigenvalue weighted by atomic mass is 10.0. The molecule has 2 saturated heterocycles. The van der Waals surface area contributed by atoms with Crippen molar-refractivity contribution in [2.75, 3.05) is 19.6 Å². The van der Waals surface area contributed by atoms with E-state index in [2.05, 4.69) is 19.9 Å². The van der Waals surface area contributed by atoms with Gasteiger partial charge in [0.05, 0.1) is 28.7 Å².